The van der Waals surface area contributed by atoms with Gasteiger partial charge < -0.3 is 16.0 Å². The molecule has 68 valence electrons. The quantitative estimate of drug-likeness (QED) is 0.528. The van der Waals surface area contributed by atoms with E-state index >= 15 is 0 Å². The maximum Gasteiger partial charge on any atom is 0.315 e. The fraction of sp³-hybridized carbons (Fsp3) is 0.667. The van der Waals surface area contributed by atoms with Crippen molar-refractivity contribution in [1.82, 2.24) is 10.2 Å². The van der Waals surface area contributed by atoms with Crippen LogP contribution in [0.2, 0.25) is 0 Å². The lowest BCUT2D eigenvalue weighted by Crippen LogP contribution is -2.59. The van der Waals surface area contributed by atoms with Gasteiger partial charge in [-0.1, -0.05) is 0 Å². The van der Waals surface area contributed by atoms with Crippen LogP contribution in [-0.4, -0.2) is 42.6 Å². The minimum Gasteiger partial charge on any atom is -0.352 e. The van der Waals surface area contributed by atoms with Crippen molar-refractivity contribution in [3.05, 3.63) is 0 Å². The number of amides is 3. The van der Waals surface area contributed by atoms with Crippen LogP contribution in [0.5, 0.6) is 0 Å². The number of nitrogens with zero attached hydrogens (tertiary/aromatic N) is 1. The molecule has 0 spiro atoms. The molecule has 0 aromatic carbocycles. The molecule has 3 amide bonds. The number of carbonyl (C=O) groups excluding carboxylic acids is 2. The highest BCUT2D eigenvalue weighted by Crippen LogP contribution is 2.04. The van der Waals surface area contributed by atoms with Gasteiger partial charge in [0.2, 0.25) is 5.91 Å². The summed E-state index contributed by atoms with van der Waals surface area (Å²) in [5.41, 5.74) is 4.90. The van der Waals surface area contributed by atoms with Crippen molar-refractivity contribution in [2.24, 2.45) is 5.73 Å². The molecule has 0 aromatic heterocycles. The number of primary amides is 1. The van der Waals surface area contributed by atoms with Crippen LogP contribution in [-0.2, 0) is 4.79 Å². The SMILES string of the molecule is [2H]C1(CF)C(=O)NCCN1C(N)=O. The third-order valence-electron chi connectivity index (χ3n) is 1.60. The van der Waals surface area contributed by atoms with Crippen LogP contribution < -0.4 is 11.1 Å². The molecule has 1 aliphatic heterocycles. The van der Waals surface area contributed by atoms with Crippen LogP contribution in [0.4, 0.5) is 9.18 Å². The van der Waals surface area contributed by atoms with Gasteiger partial charge in [0.05, 0.1) is 1.37 Å². The van der Waals surface area contributed by atoms with E-state index in [1.54, 1.807) is 0 Å². The average molecular weight is 176 g/mol. The molecule has 0 bridgehead atoms. The van der Waals surface area contributed by atoms with Crippen LogP contribution in [0.1, 0.15) is 1.37 Å². The predicted molar refractivity (Wildman–Crippen MR) is 39.1 cm³/mol. The Kier molecular flexibility index (Phi) is 2.06. The minimum absolute atomic E-state index is 0.0640. The minimum atomic E-state index is -2.19. The fourth-order valence-electron chi connectivity index (χ4n) is 1.02. The van der Waals surface area contributed by atoms with Gasteiger partial charge in [0.1, 0.15) is 12.7 Å². The van der Waals surface area contributed by atoms with Crippen LogP contribution >= 0.6 is 0 Å². The van der Waals surface area contributed by atoms with E-state index in [4.69, 9.17) is 7.10 Å². The van der Waals surface area contributed by atoms with Gasteiger partial charge in [-0.2, -0.15) is 0 Å². The first-order chi connectivity index (χ1) is 6.02. The lowest BCUT2D eigenvalue weighted by atomic mass is 10.2. The molecule has 1 heterocycles. The topological polar surface area (TPSA) is 75.4 Å². The Morgan fingerprint density at radius 3 is 3.08 bits per heavy atom. The standard InChI is InChI=1S/C6H10FN3O2/c7-3-4-5(11)9-1-2-10(4)6(8)12/h4H,1-3H2,(H2,8,12)(H,9,11)/i4D. The summed E-state index contributed by atoms with van der Waals surface area (Å²) in [5, 5.41) is 2.29. The lowest BCUT2D eigenvalue weighted by molar-refractivity contribution is -0.128. The second-order valence-corrected chi connectivity index (χ2v) is 2.33. The van der Waals surface area contributed by atoms with E-state index in [1.165, 1.54) is 0 Å². The predicted octanol–water partition coefficient (Wildman–Crippen LogP) is -1.17. The summed E-state index contributed by atoms with van der Waals surface area (Å²) in [7, 11) is 0. The third kappa shape index (κ3) is 1.46. The van der Waals surface area contributed by atoms with Crippen LogP contribution in [0.15, 0.2) is 0 Å². The van der Waals surface area contributed by atoms with Gasteiger partial charge in [-0.25, -0.2) is 9.18 Å². The maximum absolute atomic E-state index is 12.4. The first-order valence-electron chi connectivity index (χ1n) is 3.93. The van der Waals surface area contributed by atoms with Crippen molar-refractivity contribution < 1.29 is 15.4 Å². The molecule has 0 aliphatic carbocycles. The molecule has 3 N–H and O–H groups in total. The van der Waals surface area contributed by atoms with E-state index < -0.39 is 24.6 Å². The Morgan fingerprint density at radius 2 is 2.67 bits per heavy atom. The highest BCUT2D eigenvalue weighted by atomic mass is 19.1. The summed E-state index contributed by atoms with van der Waals surface area (Å²) in [6.07, 6.45) is 0. The average Bonchev–Trinajstić information content (AvgIpc) is 2.09. The van der Waals surface area contributed by atoms with Crippen LogP contribution in [0.25, 0.3) is 0 Å². The Bertz CT molecular complexity index is 250. The monoisotopic (exact) mass is 176 g/mol. The number of hydrogen-bond acceptors (Lipinski definition) is 2. The highest BCUT2D eigenvalue weighted by molar-refractivity contribution is 5.87. The molecule has 6 heteroatoms. The number of hydrogen-bond donors (Lipinski definition) is 2. The van der Waals surface area contributed by atoms with Crippen LogP contribution in [0.3, 0.4) is 0 Å². The molecule has 0 radical (unpaired) electrons. The van der Waals surface area contributed by atoms with Crippen molar-refractivity contribution in [2.45, 2.75) is 6.02 Å². The molecule has 0 saturated carbocycles. The number of rotatable bonds is 1. The van der Waals surface area contributed by atoms with Crippen molar-refractivity contribution in [3.63, 3.8) is 0 Å². The Balaban J connectivity index is 2.93. The normalized spacial score (nSPS) is 30.9. The van der Waals surface area contributed by atoms with Crippen molar-refractivity contribution in [3.8, 4) is 0 Å². The fourth-order valence-corrected chi connectivity index (χ4v) is 1.02. The number of urea groups is 1. The maximum atomic E-state index is 12.4. The first-order valence-corrected chi connectivity index (χ1v) is 3.43. The first kappa shape index (κ1) is 7.33. The van der Waals surface area contributed by atoms with E-state index in [0.717, 1.165) is 0 Å². The Hall–Kier alpha value is -1.33. The van der Waals surface area contributed by atoms with Gasteiger partial charge in [-0.05, 0) is 0 Å². The molecule has 1 saturated heterocycles. The molecular formula is C6H10FN3O2. The third-order valence-corrected chi connectivity index (χ3v) is 1.60. The molecule has 1 atom stereocenters. The van der Waals surface area contributed by atoms with E-state index in [-0.39, 0.29) is 13.1 Å². The molecule has 5 nitrogen and oxygen atoms in total. The number of piperazine rings is 1. The molecule has 1 fully saturated rings. The van der Waals surface area contributed by atoms with Gasteiger partial charge in [-0.15, -0.1) is 0 Å². The van der Waals surface area contributed by atoms with Crippen molar-refractivity contribution in [1.29, 1.82) is 0 Å². The summed E-state index contributed by atoms with van der Waals surface area (Å²) >= 11 is 0. The number of carbonyl (C=O) groups is 2. The summed E-state index contributed by atoms with van der Waals surface area (Å²) in [6, 6.07) is -3.15. The van der Waals surface area contributed by atoms with Crippen molar-refractivity contribution >= 4 is 11.9 Å². The summed E-state index contributed by atoms with van der Waals surface area (Å²) in [5.74, 6) is -0.833. The van der Waals surface area contributed by atoms with Crippen molar-refractivity contribution in [2.75, 3.05) is 19.8 Å². The van der Waals surface area contributed by atoms with Gasteiger partial charge in [0, 0.05) is 13.1 Å². The molecule has 1 rings (SSSR count). The zero-order chi connectivity index (χ0) is 10.1. The Labute approximate surface area is 70.1 Å². The zero-order valence-corrected chi connectivity index (χ0v) is 6.34. The summed E-state index contributed by atoms with van der Waals surface area (Å²) in [4.78, 5) is 22.5. The van der Waals surface area contributed by atoms with E-state index in [0.29, 0.717) is 4.90 Å². The zero-order valence-electron chi connectivity index (χ0n) is 7.34. The molecule has 12 heavy (non-hydrogen) atoms. The Morgan fingerprint density at radius 1 is 2.00 bits per heavy atom. The van der Waals surface area contributed by atoms with Gasteiger partial charge in [0.15, 0.2) is 0 Å². The molecule has 0 aromatic rings. The lowest BCUT2D eigenvalue weighted by Gasteiger charge is -2.31. The highest BCUT2D eigenvalue weighted by Gasteiger charge is 2.31. The summed E-state index contributed by atoms with van der Waals surface area (Å²) in [6.45, 7) is -1.00. The van der Waals surface area contributed by atoms with Gasteiger partial charge >= 0.3 is 6.03 Å². The second kappa shape index (κ2) is 3.38. The second-order valence-electron chi connectivity index (χ2n) is 2.33. The van der Waals surface area contributed by atoms with Gasteiger partial charge in [0.25, 0.3) is 0 Å². The molecule has 1 unspecified atom stereocenters. The van der Waals surface area contributed by atoms with E-state index in [9.17, 15) is 14.0 Å². The number of nitrogens with two attached hydrogens (primary N) is 1. The van der Waals surface area contributed by atoms with Gasteiger partial charge in [-0.3, -0.25) is 4.79 Å². The van der Waals surface area contributed by atoms with Crippen LogP contribution in [0, 0.1) is 0 Å². The summed E-state index contributed by atoms with van der Waals surface area (Å²) < 4.78 is 19.8. The largest absolute Gasteiger partial charge is 0.352 e. The molecular weight excluding hydrogens is 165 g/mol. The van der Waals surface area contributed by atoms with E-state index in [2.05, 4.69) is 5.32 Å². The number of halogens is 1. The number of nitrogens with one attached hydrogen (secondary N) is 1. The van der Waals surface area contributed by atoms with E-state index in [1.807, 2.05) is 0 Å². The number of alkyl halides is 1. The molecule has 1 aliphatic rings. The smallest absolute Gasteiger partial charge is 0.315 e.